The van der Waals surface area contributed by atoms with E-state index in [4.69, 9.17) is 16.7 Å². The van der Waals surface area contributed by atoms with Crippen molar-refractivity contribution < 1.29 is 10.0 Å². The van der Waals surface area contributed by atoms with Crippen molar-refractivity contribution in [3.05, 3.63) is 68.2 Å². The number of rotatable bonds is 5. The average molecular weight is 307 g/mol. The van der Waals surface area contributed by atoms with Crippen LogP contribution in [0.1, 0.15) is 16.7 Å². The fraction of sp³-hybridized carbons (Fsp3) is 0.200. The summed E-state index contributed by atoms with van der Waals surface area (Å²) in [7, 11) is 0. The Bertz CT molecular complexity index is 651. The molecule has 2 aromatic carbocycles. The third-order valence-corrected chi connectivity index (χ3v) is 3.42. The van der Waals surface area contributed by atoms with E-state index in [9.17, 15) is 10.1 Å². The van der Waals surface area contributed by atoms with E-state index in [0.717, 1.165) is 11.1 Å². The molecule has 5 nitrogen and oxygen atoms in total. The molecule has 0 bridgehead atoms. The minimum atomic E-state index is -0.465. The lowest BCUT2D eigenvalue weighted by molar-refractivity contribution is -0.384. The van der Waals surface area contributed by atoms with E-state index in [0.29, 0.717) is 22.8 Å². The number of aliphatic hydroxyl groups excluding tert-OH is 1. The molecule has 0 saturated carbocycles. The monoisotopic (exact) mass is 306 g/mol. The number of hydrogen-bond donors (Lipinski definition) is 2. The summed E-state index contributed by atoms with van der Waals surface area (Å²) in [5.41, 5.74) is 3.20. The molecule has 0 saturated heterocycles. The number of non-ortho nitro benzene ring substituents is 1. The van der Waals surface area contributed by atoms with Gasteiger partial charge in [-0.3, -0.25) is 10.1 Å². The van der Waals surface area contributed by atoms with Gasteiger partial charge in [-0.05, 0) is 23.6 Å². The first-order chi connectivity index (χ1) is 10.0. The molecule has 2 aromatic rings. The molecule has 6 heteroatoms. The van der Waals surface area contributed by atoms with Crippen molar-refractivity contribution in [1.82, 2.24) is 0 Å². The average Bonchev–Trinajstić information content (AvgIpc) is 2.46. The van der Waals surface area contributed by atoms with Gasteiger partial charge in [0.25, 0.3) is 5.69 Å². The van der Waals surface area contributed by atoms with Crippen LogP contribution in [0.25, 0.3) is 0 Å². The number of hydrogen-bond acceptors (Lipinski definition) is 4. The predicted molar refractivity (Wildman–Crippen MR) is 82.5 cm³/mol. The van der Waals surface area contributed by atoms with E-state index >= 15 is 0 Å². The minimum Gasteiger partial charge on any atom is -0.392 e. The van der Waals surface area contributed by atoms with Crippen molar-refractivity contribution in [2.75, 3.05) is 5.32 Å². The van der Waals surface area contributed by atoms with E-state index < -0.39 is 4.92 Å². The van der Waals surface area contributed by atoms with E-state index in [1.807, 2.05) is 24.3 Å². The normalized spacial score (nSPS) is 10.4. The Morgan fingerprint density at radius 2 is 2.00 bits per heavy atom. The van der Waals surface area contributed by atoms with Gasteiger partial charge in [0.05, 0.1) is 22.2 Å². The SMILES string of the molecule is Cc1cc([N+](=O)[O-])cc(Cl)c1NCc1cccc(CO)c1. The predicted octanol–water partition coefficient (Wildman–Crippen LogP) is 3.66. The number of nitro groups is 1. The number of aliphatic hydroxyl groups is 1. The van der Waals surface area contributed by atoms with Crippen LogP contribution in [0.5, 0.6) is 0 Å². The van der Waals surface area contributed by atoms with Gasteiger partial charge in [0, 0.05) is 18.7 Å². The standard InChI is InChI=1S/C15H15ClN2O3/c1-10-5-13(18(20)21)7-14(16)15(10)17-8-11-3-2-4-12(6-11)9-19/h2-7,17,19H,8-9H2,1H3. The summed E-state index contributed by atoms with van der Waals surface area (Å²) in [6.07, 6.45) is 0. The van der Waals surface area contributed by atoms with E-state index in [2.05, 4.69) is 5.32 Å². The van der Waals surface area contributed by atoms with Crippen molar-refractivity contribution in [2.45, 2.75) is 20.1 Å². The fourth-order valence-corrected chi connectivity index (χ4v) is 2.41. The maximum Gasteiger partial charge on any atom is 0.271 e. The molecule has 0 heterocycles. The summed E-state index contributed by atoms with van der Waals surface area (Å²) < 4.78 is 0. The second kappa shape index (κ2) is 6.56. The maximum absolute atomic E-state index is 10.8. The zero-order valence-electron chi connectivity index (χ0n) is 11.5. The van der Waals surface area contributed by atoms with Gasteiger partial charge in [0.1, 0.15) is 0 Å². The molecule has 0 aliphatic heterocycles. The Balaban J connectivity index is 2.18. The Morgan fingerprint density at radius 3 is 2.62 bits per heavy atom. The molecular formula is C15H15ClN2O3. The third-order valence-electron chi connectivity index (χ3n) is 3.13. The number of nitro benzene ring substituents is 1. The lowest BCUT2D eigenvalue weighted by Gasteiger charge is -2.12. The van der Waals surface area contributed by atoms with Gasteiger partial charge in [0.15, 0.2) is 0 Å². The lowest BCUT2D eigenvalue weighted by atomic mass is 10.1. The zero-order valence-corrected chi connectivity index (χ0v) is 12.2. The van der Waals surface area contributed by atoms with Crippen LogP contribution in [0, 0.1) is 17.0 Å². The Labute approximate surface area is 127 Å². The molecule has 0 aliphatic carbocycles. The Hall–Kier alpha value is -2.11. The maximum atomic E-state index is 10.8. The smallest absolute Gasteiger partial charge is 0.271 e. The molecule has 0 fully saturated rings. The first-order valence-electron chi connectivity index (χ1n) is 6.38. The minimum absolute atomic E-state index is 0.00877. The quantitative estimate of drug-likeness (QED) is 0.653. The van der Waals surface area contributed by atoms with Gasteiger partial charge >= 0.3 is 0 Å². The summed E-state index contributed by atoms with van der Waals surface area (Å²) in [4.78, 5) is 10.3. The highest BCUT2D eigenvalue weighted by atomic mass is 35.5. The summed E-state index contributed by atoms with van der Waals surface area (Å²) in [6, 6.07) is 10.3. The number of aryl methyl sites for hydroxylation is 1. The van der Waals surface area contributed by atoms with Crippen LogP contribution in [-0.2, 0) is 13.2 Å². The largest absolute Gasteiger partial charge is 0.392 e. The second-order valence-electron chi connectivity index (χ2n) is 4.71. The first-order valence-corrected chi connectivity index (χ1v) is 6.76. The number of nitrogens with one attached hydrogen (secondary N) is 1. The molecule has 0 amide bonds. The number of nitrogens with zero attached hydrogens (tertiary/aromatic N) is 1. The molecular weight excluding hydrogens is 292 g/mol. The van der Waals surface area contributed by atoms with E-state index in [1.54, 1.807) is 6.92 Å². The molecule has 0 atom stereocenters. The molecule has 21 heavy (non-hydrogen) atoms. The van der Waals surface area contributed by atoms with Gasteiger partial charge in [-0.15, -0.1) is 0 Å². The van der Waals surface area contributed by atoms with Crippen LogP contribution < -0.4 is 5.32 Å². The topological polar surface area (TPSA) is 75.4 Å². The second-order valence-corrected chi connectivity index (χ2v) is 5.12. The van der Waals surface area contributed by atoms with Gasteiger partial charge < -0.3 is 10.4 Å². The number of benzene rings is 2. The third kappa shape index (κ3) is 3.71. The van der Waals surface area contributed by atoms with Gasteiger partial charge in [-0.2, -0.15) is 0 Å². The van der Waals surface area contributed by atoms with Crippen LogP contribution in [0.15, 0.2) is 36.4 Å². The van der Waals surface area contributed by atoms with Crippen LogP contribution in [-0.4, -0.2) is 10.0 Å². The van der Waals surface area contributed by atoms with Crippen LogP contribution >= 0.6 is 11.6 Å². The van der Waals surface area contributed by atoms with Gasteiger partial charge in [-0.25, -0.2) is 0 Å². The highest BCUT2D eigenvalue weighted by molar-refractivity contribution is 6.33. The molecule has 110 valence electrons. The van der Waals surface area contributed by atoms with Gasteiger partial charge in [0.2, 0.25) is 0 Å². The molecule has 2 N–H and O–H groups in total. The van der Waals surface area contributed by atoms with E-state index in [1.165, 1.54) is 12.1 Å². The highest BCUT2D eigenvalue weighted by Crippen LogP contribution is 2.31. The molecule has 0 aliphatic rings. The molecule has 0 aromatic heterocycles. The van der Waals surface area contributed by atoms with Crippen molar-refractivity contribution in [1.29, 1.82) is 0 Å². The molecule has 0 spiro atoms. The van der Waals surface area contributed by atoms with Crippen molar-refractivity contribution in [3.8, 4) is 0 Å². The van der Waals surface area contributed by atoms with Crippen LogP contribution in [0.4, 0.5) is 11.4 Å². The molecule has 2 rings (SSSR count). The molecule has 0 radical (unpaired) electrons. The Morgan fingerprint density at radius 1 is 1.29 bits per heavy atom. The first kappa shape index (κ1) is 15.3. The summed E-state index contributed by atoms with van der Waals surface area (Å²) >= 11 is 6.10. The van der Waals surface area contributed by atoms with Crippen molar-refractivity contribution in [2.24, 2.45) is 0 Å². The van der Waals surface area contributed by atoms with Crippen molar-refractivity contribution >= 4 is 23.0 Å². The molecule has 0 unspecified atom stereocenters. The van der Waals surface area contributed by atoms with E-state index in [-0.39, 0.29) is 12.3 Å². The van der Waals surface area contributed by atoms with Crippen LogP contribution in [0.3, 0.4) is 0 Å². The summed E-state index contributed by atoms with van der Waals surface area (Å²) in [6.45, 7) is 2.28. The fourth-order valence-electron chi connectivity index (χ4n) is 2.08. The Kier molecular flexibility index (Phi) is 4.77. The van der Waals surface area contributed by atoms with Gasteiger partial charge in [-0.1, -0.05) is 35.9 Å². The number of anilines is 1. The highest BCUT2D eigenvalue weighted by Gasteiger charge is 2.13. The number of halogens is 1. The lowest BCUT2D eigenvalue weighted by Crippen LogP contribution is -2.03. The van der Waals surface area contributed by atoms with Crippen molar-refractivity contribution in [3.63, 3.8) is 0 Å². The summed E-state index contributed by atoms with van der Waals surface area (Å²) in [5, 5.41) is 23.4. The summed E-state index contributed by atoms with van der Waals surface area (Å²) in [5.74, 6) is 0. The zero-order chi connectivity index (χ0) is 15.4. The van der Waals surface area contributed by atoms with Crippen LogP contribution in [0.2, 0.25) is 5.02 Å².